The molecule has 0 radical (unpaired) electrons. The van der Waals surface area contributed by atoms with E-state index in [0.717, 1.165) is 15.6 Å². The molecule has 1 aliphatic heterocycles. The zero-order valence-electron chi connectivity index (χ0n) is 16.3. The van der Waals surface area contributed by atoms with E-state index < -0.39 is 5.54 Å². The SMILES string of the molecule is COC(=O)[C@]1(C)C[C@H](C(=O)NCc2ccccc2)[C@H](c2ccc(Br)cc2)N1C. The van der Waals surface area contributed by atoms with Gasteiger partial charge in [0.1, 0.15) is 5.54 Å². The molecule has 2 aromatic rings. The molecule has 0 bridgehead atoms. The number of rotatable bonds is 5. The molecule has 1 amide bonds. The lowest BCUT2D eigenvalue weighted by atomic mass is 9.89. The highest BCUT2D eigenvalue weighted by atomic mass is 79.9. The van der Waals surface area contributed by atoms with Crippen LogP contribution in [-0.4, -0.2) is 36.5 Å². The Hall–Kier alpha value is -2.18. The molecule has 148 valence electrons. The van der Waals surface area contributed by atoms with E-state index in [1.54, 1.807) is 0 Å². The highest BCUT2D eigenvalue weighted by molar-refractivity contribution is 9.10. The maximum atomic E-state index is 13.1. The smallest absolute Gasteiger partial charge is 0.326 e. The first-order valence-corrected chi connectivity index (χ1v) is 10.0. The van der Waals surface area contributed by atoms with Crippen LogP contribution in [0.3, 0.4) is 0 Å². The summed E-state index contributed by atoms with van der Waals surface area (Å²) in [6.45, 7) is 2.30. The van der Waals surface area contributed by atoms with E-state index in [1.165, 1.54) is 7.11 Å². The molecule has 0 saturated carbocycles. The lowest BCUT2D eigenvalue weighted by Crippen LogP contribution is -2.47. The van der Waals surface area contributed by atoms with E-state index in [4.69, 9.17) is 4.74 Å². The van der Waals surface area contributed by atoms with Crippen LogP contribution >= 0.6 is 15.9 Å². The molecule has 5 nitrogen and oxygen atoms in total. The summed E-state index contributed by atoms with van der Waals surface area (Å²) in [4.78, 5) is 27.6. The van der Waals surface area contributed by atoms with Gasteiger partial charge in [-0.3, -0.25) is 14.5 Å². The molecule has 28 heavy (non-hydrogen) atoms. The van der Waals surface area contributed by atoms with Gasteiger partial charge >= 0.3 is 5.97 Å². The molecular formula is C22H25BrN2O3. The maximum Gasteiger partial charge on any atom is 0.326 e. The van der Waals surface area contributed by atoms with Crippen molar-refractivity contribution < 1.29 is 14.3 Å². The van der Waals surface area contributed by atoms with Gasteiger partial charge in [0.2, 0.25) is 5.91 Å². The first kappa shape index (κ1) is 20.6. The maximum absolute atomic E-state index is 13.1. The van der Waals surface area contributed by atoms with E-state index in [-0.39, 0.29) is 23.8 Å². The van der Waals surface area contributed by atoms with Crippen molar-refractivity contribution in [1.82, 2.24) is 10.2 Å². The summed E-state index contributed by atoms with van der Waals surface area (Å²) in [5.41, 5.74) is 1.18. The summed E-state index contributed by atoms with van der Waals surface area (Å²) in [5, 5.41) is 3.04. The van der Waals surface area contributed by atoms with Crippen molar-refractivity contribution in [1.29, 1.82) is 0 Å². The van der Waals surface area contributed by atoms with E-state index in [2.05, 4.69) is 21.2 Å². The first-order valence-electron chi connectivity index (χ1n) is 9.25. The van der Waals surface area contributed by atoms with E-state index in [0.29, 0.717) is 13.0 Å². The number of benzene rings is 2. The quantitative estimate of drug-likeness (QED) is 0.714. The Morgan fingerprint density at radius 3 is 2.43 bits per heavy atom. The average Bonchev–Trinajstić information content (AvgIpc) is 2.99. The summed E-state index contributed by atoms with van der Waals surface area (Å²) in [5.74, 6) is -0.745. The molecule has 3 atom stereocenters. The van der Waals surface area contributed by atoms with Crippen LogP contribution in [0, 0.1) is 5.92 Å². The molecule has 0 unspecified atom stereocenters. The zero-order valence-corrected chi connectivity index (χ0v) is 17.9. The van der Waals surface area contributed by atoms with Gasteiger partial charge in [-0.25, -0.2) is 0 Å². The van der Waals surface area contributed by atoms with Crippen LogP contribution in [0.5, 0.6) is 0 Å². The third kappa shape index (κ3) is 3.98. The minimum absolute atomic E-state index is 0.0590. The number of ether oxygens (including phenoxy) is 1. The van der Waals surface area contributed by atoms with Crippen LogP contribution in [0.25, 0.3) is 0 Å². The number of carbonyl (C=O) groups is 2. The molecule has 6 heteroatoms. The van der Waals surface area contributed by atoms with Crippen molar-refractivity contribution in [2.24, 2.45) is 5.92 Å². The second kappa shape index (κ2) is 8.45. The molecule has 1 heterocycles. The second-order valence-corrected chi connectivity index (χ2v) is 8.30. The molecule has 1 saturated heterocycles. The predicted molar refractivity (Wildman–Crippen MR) is 111 cm³/mol. The topological polar surface area (TPSA) is 58.6 Å². The Kier molecular flexibility index (Phi) is 6.20. The van der Waals surface area contributed by atoms with E-state index >= 15 is 0 Å². The van der Waals surface area contributed by atoms with Crippen molar-refractivity contribution in [3.8, 4) is 0 Å². The summed E-state index contributed by atoms with van der Waals surface area (Å²) in [7, 11) is 3.27. The normalized spacial score (nSPS) is 24.7. The van der Waals surface area contributed by atoms with Crippen molar-refractivity contribution in [2.45, 2.75) is 31.5 Å². The van der Waals surface area contributed by atoms with Gasteiger partial charge in [0, 0.05) is 17.1 Å². The van der Waals surface area contributed by atoms with E-state index in [1.807, 2.05) is 73.5 Å². The van der Waals surface area contributed by atoms with Gasteiger partial charge in [-0.1, -0.05) is 58.4 Å². The first-order chi connectivity index (χ1) is 13.4. The van der Waals surface area contributed by atoms with Crippen molar-refractivity contribution in [3.63, 3.8) is 0 Å². The molecule has 1 aliphatic rings. The number of carbonyl (C=O) groups excluding carboxylic acids is 2. The standard InChI is InChI=1S/C22H25BrN2O3/c1-22(21(27)28-3)13-18(20(26)24-14-15-7-5-4-6-8-15)19(25(22)2)16-9-11-17(23)12-10-16/h4-12,18-19H,13-14H2,1-3H3,(H,24,26)/t18-,19-,22-/m0/s1. The van der Waals surface area contributed by atoms with Crippen LogP contribution < -0.4 is 5.32 Å². The van der Waals surface area contributed by atoms with Gasteiger partial charge in [-0.05, 0) is 43.7 Å². The third-order valence-corrected chi connectivity index (χ3v) is 6.21. The number of nitrogens with zero attached hydrogens (tertiary/aromatic N) is 1. The van der Waals surface area contributed by atoms with Crippen LogP contribution in [0.2, 0.25) is 0 Å². The lowest BCUT2D eigenvalue weighted by Gasteiger charge is -2.33. The highest BCUT2D eigenvalue weighted by Crippen LogP contribution is 2.46. The fourth-order valence-electron chi connectivity index (χ4n) is 3.98. The Labute approximate surface area is 174 Å². The Balaban J connectivity index is 1.87. The molecule has 2 aromatic carbocycles. The molecular weight excluding hydrogens is 420 g/mol. The van der Waals surface area contributed by atoms with Crippen LogP contribution in [0.4, 0.5) is 0 Å². The summed E-state index contributed by atoms with van der Waals surface area (Å²) in [6, 6.07) is 17.5. The van der Waals surface area contributed by atoms with Gasteiger partial charge in [-0.2, -0.15) is 0 Å². The Morgan fingerprint density at radius 1 is 1.18 bits per heavy atom. The number of amides is 1. The van der Waals surface area contributed by atoms with Gasteiger partial charge in [0.25, 0.3) is 0 Å². The Bertz CT molecular complexity index is 841. The summed E-state index contributed by atoms with van der Waals surface area (Å²) < 4.78 is 6.02. The third-order valence-electron chi connectivity index (χ3n) is 5.68. The number of hydrogen-bond donors (Lipinski definition) is 1. The number of esters is 1. The molecule has 3 rings (SSSR count). The van der Waals surface area contributed by atoms with Gasteiger partial charge in [0.05, 0.1) is 13.0 Å². The van der Waals surface area contributed by atoms with Crippen LogP contribution in [0.15, 0.2) is 59.1 Å². The molecule has 0 aliphatic carbocycles. The monoisotopic (exact) mass is 444 g/mol. The number of hydrogen-bond acceptors (Lipinski definition) is 4. The second-order valence-electron chi connectivity index (χ2n) is 7.39. The van der Waals surface area contributed by atoms with Crippen molar-refractivity contribution >= 4 is 27.8 Å². The lowest BCUT2D eigenvalue weighted by molar-refractivity contribution is -0.152. The minimum atomic E-state index is -0.860. The molecule has 1 N–H and O–H groups in total. The van der Waals surface area contributed by atoms with E-state index in [9.17, 15) is 9.59 Å². The number of likely N-dealkylation sites (N-methyl/N-ethyl adjacent to an activating group) is 1. The highest BCUT2D eigenvalue weighted by Gasteiger charge is 2.54. The average molecular weight is 445 g/mol. The van der Waals surface area contributed by atoms with Crippen LogP contribution in [-0.2, 0) is 20.9 Å². The molecule has 0 aromatic heterocycles. The van der Waals surface area contributed by atoms with Gasteiger partial charge in [0.15, 0.2) is 0 Å². The number of halogens is 1. The summed E-state index contributed by atoms with van der Waals surface area (Å²) in [6.07, 6.45) is 0.400. The zero-order chi connectivity index (χ0) is 20.3. The Morgan fingerprint density at radius 2 is 1.82 bits per heavy atom. The fraction of sp³-hybridized carbons (Fsp3) is 0.364. The predicted octanol–water partition coefficient (Wildman–Crippen LogP) is 3.69. The van der Waals surface area contributed by atoms with Crippen molar-refractivity contribution in [2.75, 3.05) is 14.2 Å². The van der Waals surface area contributed by atoms with Crippen LogP contribution in [0.1, 0.15) is 30.5 Å². The largest absolute Gasteiger partial charge is 0.468 e. The number of nitrogens with one attached hydrogen (secondary N) is 1. The van der Waals surface area contributed by atoms with Gasteiger partial charge < -0.3 is 10.1 Å². The minimum Gasteiger partial charge on any atom is -0.468 e. The number of methoxy groups -OCH3 is 1. The fourth-order valence-corrected chi connectivity index (χ4v) is 4.24. The van der Waals surface area contributed by atoms with Crippen molar-refractivity contribution in [3.05, 3.63) is 70.2 Å². The number of likely N-dealkylation sites (tertiary alicyclic amines) is 1. The summed E-state index contributed by atoms with van der Waals surface area (Å²) >= 11 is 3.45. The molecule has 0 spiro atoms. The molecule has 1 fully saturated rings. The van der Waals surface area contributed by atoms with Gasteiger partial charge in [-0.15, -0.1) is 0 Å².